The molecule has 0 aromatic carbocycles. The van der Waals surface area contributed by atoms with Gasteiger partial charge in [0.05, 0.1) is 0 Å². The van der Waals surface area contributed by atoms with Crippen molar-refractivity contribution in [3.8, 4) is 0 Å². The van der Waals surface area contributed by atoms with E-state index in [0.717, 1.165) is 0 Å². The molecule has 154 valence electrons. The van der Waals surface area contributed by atoms with Crippen molar-refractivity contribution in [2.75, 3.05) is 13.1 Å². The molecule has 0 heterocycles. The molecule has 3 amide bonds. The quantitative estimate of drug-likeness (QED) is 0.318. The third-order valence-corrected chi connectivity index (χ3v) is 3.81. The van der Waals surface area contributed by atoms with E-state index >= 15 is 0 Å². The number of carboxylic acid groups (broad SMARTS) is 1. The molecular formula is C18H31N3O6. The van der Waals surface area contributed by atoms with Gasteiger partial charge < -0.3 is 21.1 Å². The lowest BCUT2D eigenvalue weighted by Crippen LogP contribution is -2.41. The molecule has 0 rings (SSSR count). The van der Waals surface area contributed by atoms with Crippen LogP contribution in [0.2, 0.25) is 0 Å². The minimum Gasteiger partial charge on any atom is -0.480 e. The van der Waals surface area contributed by atoms with Gasteiger partial charge in [0.2, 0.25) is 17.7 Å². The molecule has 0 radical (unpaired) electrons. The normalized spacial score (nSPS) is 11.6. The molecule has 0 spiro atoms. The third kappa shape index (κ3) is 13.4. The van der Waals surface area contributed by atoms with E-state index in [0.29, 0.717) is 32.4 Å². The molecule has 0 aliphatic heterocycles. The molecular weight excluding hydrogens is 354 g/mol. The van der Waals surface area contributed by atoms with Crippen LogP contribution < -0.4 is 16.0 Å². The topological polar surface area (TPSA) is 142 Å². The SMILES string of the molecule is CC(=O)NCCCC(=O)NC(CCC(=O)NCCCC(=O)C(C)C)C(=O)O. The van der Waals surface area contributed by atoms with E-state index in [2.05, 4.69) is 16.0 Å². The second-order valence-corrected chi connectivity index (χ2v) is 6.66. The summed E-state index contributed by atoms with van der Waals surface area (Å²) in [6.45, 7) is 5.70. The Kier molecular flexibility index (Phi) is 12.5. The van der Waals surface area contributed by atoms with Gasteiger partial charge >= 0.3 is 5.97 Å². The van der Waals surface area contributed by atoms with E-state index in [1.54, 1.807) is 0 Å². The Morgan fingerprint density at radius 1 is 0.852 bits per heavy atom. The van der Waals surface area contributed by atoms with Crippen LogP contribution >= 0.6 is 0 Å². The number of carboxylic acids is 1. The number of carbonyl (C=O) groups excluding carboxylic acids is 4. The minimum atomic E-state index is -1.21. The Balaban J connectivity index is 4.07. The summed E-state index contributed by atoms with van der Waals surface area (Å²) in [6.07, 6.45) is 1.35. The zero-order valence-corrected chi connectivity index (χ0v) is 16.3. The van der Waals surface area contributed by atoms with E-state index in [4.69, 9.17) is 5.11 Å². The van der Waals surface area contributed by atoms with Crippen molar-refractivity contribution in [3.05, 3.63) is 0 Å². The maximum atomic E-state index is 11.8. The Hall–Kier alpha value is -2.45. The smallest absolute Gasteiger partial charge is 0.326 e. The fraction of sp³-hybridized carbons (Fsp3) is 0.722. The number of carbonyl (C=O) groups is 5. The first-order chi connectivity index (χ1) is 12.6. The predicted molar refractivity (Wildman–Crippen MR) is 98.8 cm³/mol. The fourth-order valence-electron chi connectivity index (χ4n) is 2.18. The van der Waals surface area contributed by atoms with Crippen LogP contribution in [0, 0.1) is 5.92 Å². The van der Waals surface area contributed by atoms with Crippen molar-refractivity contribution in [3.63, 3.8) is 0 Å². The number of hydrogen-bond acceptors (Lipinski definition) is 5. The first-order valence-electron chi connectivity index (χ1n) is 9.19. The molecule has 0 saturated heterocycles. The maximum absolute atomic E-state index is 11.8. The van der Waals surface area contributed by atoms with Crippen molar-refractivity contribution >= 4 is 29.5 Å². The number of amides is 3. The van der Waals surface area contributed by atoms with Crippen LogP contribution in [0.3, 0.4) is 0 Å². The van der Waals surface area contributed by atoms with Crippen LogP contribution in [0.15, 0.2) is 0 Å². The number of rotatable bonds is 14. The highest BCUT2D eigenvalue weighted by atomic mass is 16.4. The summed E-state index contributed by atoms with van der Waals surface area (Å²) < 4.78 is 0. The molecule has 1 unspecified atom stereocenters. The van der Waals surface area contributed by atoms with Gasteiger partial charge in [0.15, 0.2) is 0 Å². The van der Waals surface area contributed by atoms with Crippen LogP contribution in [-0.2, 0) is 24.0 Å². The zero-order chi connectivity index (χ0) is 20.8. The number of hydrogen-bond donors (Lipinski definition) is 4. The largest absolute Gasteiger partial charge is 0.480 e. The summed E-state index contributed by atoms with van der Waals surface area (Å²) in [7, 11) is 0. The van der Waals surface area contributed by atoms with Crippen LogP contribution in [0.4, 0.5) is 0 Å². The summed E-state index contributed by atoms with van der Waals surface area (Å²) in [5, 5.41) is 16.7. The summed E-state index contributed by atoms with van der Waals surface area (Å²) >= 11 is 0. The van der Waals surface area contributed by atoms with E-state index < -0.39 is 17.9 Å². The lowest BCUT2D eigenvalue weighted by molar-refractivity contribution is -0.142. The molecule has 27 heavy (non-hydrogen) atoms. The van der Waals surface area contributed by atoms with E-state index in [1.165, 1.54) is 6.92 Å². The molecule has 0 aliphatic rings. The fourth-order valence-corrected chi connectivity index (χ4v) is 2.18. The van der Waals surface area contributed by atoms with E-state index in [-0.39, 0.29) is 42.8 Å². The van der Waals surface area contributed by atoms with Crippen molar-refractivity contribution < 1.29 is 29.1 Å². The van der Waals surface area contributed by atoms with Gasteiger partial charge in [-0.15, -0.1) is 0 Å². The predicted octanol–water partition coefficient (Wildman–Crippen LogP) is 0.374. The number of nitrogens with one attached hydrogen (secondary N) is 3. The van der Waals surface area contributed by atoms with Crippen molar-refractivity contribution in [2.45, 2.75) is 65.3 Å². The summed E-state index contributed by atoms with van der Waals surface area (Å²) in [4.78, 5) is 56.9. The van der Waals surface area contributed by atoms with Crippen molar-refractivity contribution in [2.24, 2.45) is 5.92 Å². The lowest BCUT2D eigenvalue weighted by Gasteiger charge is -2.14. The molecule has 0 bridgehead atoms. The monoisotopic (exact) mass is 385 g/mol. The Bertz CT molecular complexity index is 533. The number of ketones is 1. The molecule has 1 atom stereocenters. The first kappa shape index (κ1) is 24.6. The van der Waals surface area contributed by atoms with Gasteiger partial charge in [0.1, 0.15) is 11.8 Å². The molecule has 9 nitrogen and oxygen atoms in total. The van der Waals surface area contributed by atoms with Gasteiger partial charge in [0.25, 0.3) is 0 Å². The van der Waals surface area contributed by atoms with E-state index in [1.807, 2.05) is 13.8 Å². The van der Waals surface area contributed by atoms with Crippen molar-refractivity contribution in [1.82, 2.24) is 16.0 Å². The van der Waals surface area contributed by atoms with Crippen LogP contribution in [0.5, 0.6) is 0 Å². The standard InChI is InChI=1S/C18H31N3O6/c1-12(2)15(23)6-4-11-20-16(24)9-8-14(18(26)27)21-17(25)7-5-10-19-13(3)22/h12,14H,4-11H2,1-3H3,(H,19,22)(H,20,24)(H,21,25)(H,26,27). The lowest BCUT2D eigenvalue weighted by atomic mass is 10.0. The maximum Gasteiger partial charge on any atom is 0.326 e. The average Bonchev–Trinajstić information content (AvgIpc) is 2.58. The minimum absolute atomic E-state index is 0.0243. The van der Waals surface area contributed by atoms with Gasteiger partial charge in [-0.25, -0.2) is 4.79 Å². The highest BCUT2D eigenvalue weighted by Gasteiger charge is 2.20. The molecule has 0 saturated carbocycles. The average molecular weight is 385 g/mol. The summed E-state index contributed by atoms with van der Waals surface area (Å²) in [5.41, 5.74) is 0. The van der Waals surface area contributed by atoms with Gasteiger partial charge in [-0.1, -0.05) is 13.8 Å². The number of Topliss-reactive ketones (excluding diaryl/α,β-unsaturated/α-hetero) is 1. The Morgan fingerprint density at radius 3 is 2.00 bits per heavy atom. The zero-order valence-electron chi connectivity index (χ0n) is 16.3. The second kappa shape index (κ2) is 13.7. The van der Waals surface area contributed by atoms with Gasteiger partial charge in [-0.2, -0.15) is 0 Å². The molecule has 0 aromatic rings. The molecule has 0 aliphatic carbocycles. The third-order valence-electron chi connectivity index (χ3n) is 3.81. The molecule has 0 aromatic heterocycles. The van der Waals surface area contributed by atoms with E-state index in [9.17, 15) is 24.0 Å². The first-order valence-corrected chi connectivity index (χ1v) is 9.19. The molecule has 4 N–H and O–H groups in total. The molecule has 9 heteroatoms. The highest BCUT2D eigenvalue weighted by molar-refractivity contribution is 5.84. The van der Waals surface area contributed by atoms with Crippen LogP contribution in [0.25, 0.3) is 0 Å². The van der Waals surface area contributed by atoms with Crippen LogP contribution in [0.1, 0.15) is 59.3 Å². The summed E-state index contributed by atoms with van der Waals surface area (Å²) in [5.74, 6) is -2.06. The summed E-state index contributed by atoms with van der Waals surface area (Å²) in [6, 6.07) is -1.15. The van der Waals surface area contributed by atoms with Gasteiger partial charge in [-0.3, -0.25) is 19.2 Å². The highest BCUT2D eigenvalue weighted by Crippen LogP contribution is 2.02. The van der Waals surface area contributed by atoms with Crippen LogP contribution in [-0.4, -0.2) is 53.7 Å². The second-order valence-electron chi connectivity index (χ2n) is 6.66. The van der Waals surface area contributed by atoms with Crippen molar-refractivity contribution in [1.29, 1.82) is 0 Å². The Labute approximate surface area is 159 Å². The number of aliphatic carboxylic acids is 1. The van der Waals surface area contributed by atoms with Gasteiger partial charge in [0, 0.05) is 45.2 Å². The molecule has 0 fully saturated rings. The Morgan fingerprint density at radius 2 is 1.44 bits per heavy atom. The van der Waals surface area contributed by atoms with Gasteiger partial charge in [-0.05, 0) is 19.3 Å².